The number of imide groups is 2. The van der Waals surface area contributed by atoms with Gasteiger partial charge in [-0.25, -0.2) is 9.69 Å². The second-order valence-corrected chi connectivity index (χ2v) is 13.8. The van der Waals surface area contributed by atoms with E-state index in [1.165, 1.54) is 90.4 Å². The molecule has 9 nitrogen and oxygen atoms in total. The molecule has 0 bridgehead atoms. The van der Waals surface area contributed by atoms with Crippen LogP contribution in [-0.4, -0.2) is 98.2 Å². The van der Waals surface area contributed by atoms with Gasteiger partial charge in [-0.3, -0.25) is 19.3 Å². The number of fused-ring (bicyclic) bond motifs is 1. The maximum absolute atomic E-state index is 13.2. The van der Waals surface area contributed by atoms with Crippen molar-refractivity contribution in [3.8, 4) is 0 Å². The van der Waals surface area contributed by atoms with Crippen molar-refractivity contribution in [2.75, 3.05) is 54.1 Å². The molecule has 0 saturated heterocycles. The molecule has 1 unspecified atom stereocenters. The molecule has 0 fully saturated rings. The largest absolute Gasteiger partial charge is 0.447 e. The number of rotatable bonds is 25. The summed E-state index contributed by atoms with van der Waals surface area (Å²) < 4.78 is 12.0. The van der Waals surface area contributed by atoms with Crippen molar-refractivity contribution in [1.29, 1.82) is 0 Å². The number of benzene rings is 1. The summed E-state index contributed by atoms with van der Waals surface area (Å²) in [5, 5.41) is 0. The van der Waals surface area contributed by atoms with Crippen LogP contribution in [0.15, 0.2) is 24.3 Å². The van der Waals surface area contributed by atoms with E-state index in [0.29, 0.717) is 28.8 Å². The monoisotopic (exact) mass is 644 g/mol. The highest BCUT2D eigenvalue weighted by atomic mass is 16.6. The molecule has 260 valence electrons. The summed E-state index contributed by atoms with van der Waals surface area (Å²) in [6.07, 6.45) is 19.9. The van der Waals surface area contributed by atoms with Gasteiger partial charge in [0.1, 0.15) is 6.61 Å². The van der Waals surface area contributed by atoms with Crippen molar-refractivity contribution in [3.63, 3.8) is 0 Å². The molecule has 46 heavy (non-hydrogen) atoms. The van der Waals surface area contributed by atoms with E-state index in [1.807, 2.05) is 21.1 Å². The van der Waals surface area contributed by atoms with E-state index in [1.54, 1.807) is 24.3 Å². The lowest BCUT2D eigenvalue weighted by Gasteiger charge is -2.29. The number of ether oxygens (including phenoxy) is 2. The molecule has 1 atom stereocenters. The molecular formula is C37H62N3O6+. The van der Waals surface area contributed by atoms with Crippen molar-refractivity contribution < 1.29 is 33.1 Å². The van der Waals surface area contributed by atoms with Crippen LogP contribution in [0.3, 0.4) is 0 Å². The van der Waals surface area contributed by atoms with Crippen LogP contribution in [0.5, 0.6) is 0 Å². The first-order valence-corrected chi connectivity index (χ1v) is 17.9. The highest BCUT2D eigenvalue weighted by Gasteiger charge is 2.40. The smallest absolute Gasteiger partial charge is 0.416 e. The first-order chi connectivity index (χ1) is 22.1. The van der Waals surface area contributed by atoms with Crippen LogP contribution in [0.25, 0.3) is 0 Å². The number of likely N-dealkylation sites (N-methyl/N-ethyl adjacent to an activating group) is 1. The van der Waals surface area contributed by atoms with Gasteiger partial charge >= 0.3 is 6.09 Å². The zero-order valence-electron chi connectivity index (χ0n) is 29.5. The summed E-state index contributed by atoms with van der Waals surface area (Å²) in [6, 6.07) is 5.88. The number of hydrogen-bond acceptors (Lipinski definition) is 6. The first kappa shape index (κ1) is 39.4. The zero-order valence-corrected chi connectivity index (χ0v) is 29.5. The van der Waals surface area contributed by atoms with E-state index < -0.39 is 29.9 Å². The SMILES string of the molecule is CCCCCCCCCCCCCCCCCCOCC(COC(=O)N(CC[N+](C)(C)C)C(C)=O)N1C(=O)c2ccccc2C1=O. The Morgan fingerprint density at radius 3 is 1.63 bits per heavy atom. The second-order valence-electron chi connectivity index (χ2n) is 13.8. The van der Waals surface area contributed by atoms with E-state index in [4.69, 9.17) is 9.47 Å². The highest BCUT2D eigenvalue weighted by molar-refractivity contribution is 6.21. The van der Waals surface area contributed by atoms with Crippen molar-refractivity contribution in [2.24, 2.45) is 0 Å². The molecule has 0 aliphatic carbocycles. The Kier molecular flexibility index (Phi) is 18.8. The lowest BCUT2D eigenvalue weighted by molar-refractivity contribution is -0.869. The number of carbonyl (C=O) groups excluding carboxylic acids is 4. The summed E-state index contributed by atoms with van der Waals surface area (Å²) >= 11 is 0. The van der Waals surface area contributed by atoms with Gasteiger partial charge in [-0.05, 0) is 18.6 Å². The minimum atomic E-state index is -0.801. The van der Waals surface area contributed by atoms with Gasteiger partial charge in [0.2, 0.25) is 5.91 Å². The fraction of sp³-hybridized carbons (Fsp3) is 0.730. The van der Waals surface area contributed by atoms with Gasteiger partial charge in [0.15, 0.2) is 0 Å². The van der Waals surface area contributed by atoms with Gasteiger partial charge in [0, 0.05) is 13.5 Å². The van der Waals surface area contributed by atoms with Gasteiger partial charge in [0.25, 0.3) is 11.8 Å². The average Bonchev–Trinajstić information content (AvgIpc) is 3.26. The first-order valence-electron chi connectivity index (χ1n) is 17.9. The molecule has 1 aliphatic heterocycles. The van der Waals surface area contributed by atoms with Crippen LogP contribution in [-0.2, 0) is 14.3 Å². The van der Waals surface area contributed by atoms with E-state index in [9.17, 15) is 19.2 Å². The maximum Gasteiger partial charge on any atom is 0.416 e. The number of amides is 4. The van der Waals surface area contributed by atoms with Crippen molar-refractivity contribution in [3.05, 3.63) is 35.4 Å². The standard InChI is InChI=1S/C37H62N3O6/c1-6-7-8-9-10-11-12-13-14-15-16-17-18-19-20-23-28-45-29-32(39-35(42)33-24-21-22-25-34(33)36(39)43)30-46-37(44)38(31(2)41)26-27-40(3,4)5/h21-22,24-25,32H,6-20,23,26-30H2,1-5H3/q+1. The molecular weight excluding hydrogens is 582 g/mol. The molecule has 2 rings (SSSR count). The number of hydrogen-bond donors (Lipinski definition) is 0. The van der Waals surface area contributed by atoms with Gasteiger partial charge in [0.05, 0.1) is 58.0 Å². The highest BCUT2D eigenvalue weighted by Crippen LogP contribution is 2.25. The molecule has 1 aliphatic rings. The van der Waals surface area contributed by atoms with Crippen LogP contribution >= 0.6 is 0 Å². The van der Waals surface area contributed by atoms with E-state index >= 15 is 0 Å². The molecule has 0 saturated carbocycles. The Morgan fingerprint density at radius 1 is 0.739 bits per heavy atom. The van der Waals surface area contributed by atoms with Crippen LogP contribution in [0.2, 0.25) is 0 Å². The molecule has 0 aromatic heterocycles. The third kappa shape index (κ3) is 14.8. The topological polar surface area (TPSA) is 93.2 Å². The lowest BCUT2D eigenvalue weighted by Crippen LogP contribution is -2.48. The summed E-state index contributed by atoms with van der Waals surface area (Å²) in [4.78, 5) is 53.6. The summed E-state index contributed by atoms with van der Waals surface area (Å²) in [5.74, 6) is -1.28. The van der Waals surface area contributed by atoms with Gasteiger partial charge in [-0.1, -0.05) is 115 Å². The molecule has 1 aromatic carbocycles. The summed E-state index contributed by atoms with van der Waals surface area (Å²) in [6.45, 7) is 4.63. The Labute approximate surface area is 278 Å². The fourth-order valence-electron chi connectivity index (χ4n) is 5.73. The maximum atomic E-state index is 13.2. The summed E-state index contributed by atoms with van der Waals surface area (Å²) in [7, 11) is 5.91. The molecule has 0 spiro atoms. The molecule has 0 radical (unpaired) electrons. The zero-order chi connectivity index (χ0) is 33.8. The molecule has 0 N–H and O–H groups in total. The van der Waals surface area contributed by atoms with Gasteiger partial charge in [-0.15, -0.1) is 0 Å². The third-order valence-electron chi connectivity index (χ3n) is 8.64. The number of quaternary nitrogens is 1. The number of carbonyl (C=O) groups is 4. The lowest BCUT2D eigenvalue weighted by atomic mass is 10.0. The Balaban J connectivity index is 1.72. The van der Waals surface area contributed by atoms with Crippen molar-refractivity contribution in [1.82, 2.24) is 9.80 Å². The average molecular weight is 645 g/mol. The minimum absolute atomic E-state index is 0.0520. The number of unbranched alkanes of at least 4 members (excludes halogenated alkanes) is 15. The summed E-state index contributed by atoms with van der Waals surface area (Å²) in [5.41, 5.74) is 0.657. The third-order valence-corrected chi connectivity index (χ3v) is 8.64. The van der Waals surface area contributed by atoms with Crippen LogP contribution < -0.4 is 0 Å². The predicted molar refractivity (Wildman–Crippen MR) is 183 cm³/mol. The van der Waals surface area contributed by atoms with Gasteiger partial charge < -0.3 is 14.0 Å². The van der Waals surface area contributed by atoms with Crippen LogP contribution in [0.1, 0.15) is 137 Å². The fourth-order valence-corrected chi connectivity index (χ4v) is 5.73. The van der Waals surface area contributed by atoms with Crippen LogP contribution in [0.4, 0.5) is 4.79 Å². The second kappa shape index (κ2) is 21.9. The van der Waals surface area contributed by atoms with Crippen LogP contribution in [0, 0.1) is 0 Å². The van der Waals surface area contributed by atoms with Gasteiger partial charge in [-0.2, -0.15) is 0 Å². The molecule has 1 aromatic rings. The molecule has 1 heterocycles. The number of nitrogens with zero attached hydrogens (tertiary/aromatic N) is 3. The van der Waals surface area contributed by atoms with Crippen molar-refractivity contribution in [2.45, 2.75) is 123 Å². The Bertz CT molecular complexity index is 1030. The normalized spacial score (nSPS) is 13.6. The van der Waals surface area contributed by atoms with Crippen molar-refractivity contribution >= 4 is 23.8 Å². The quantitative estimate of drug-likeness (QED) is 0.0618. The Morgan fingerprint density at radius 2 is 1.20 bits per heavy atom. The minimum Gasteiger partial charge on any atom is -0.447 e. The molecule has 4 amide bonds. The Hall–Kier alpha value is -2.78. The molecule has 9 heteroatoms. The van der Waals surface area contributed by atoms with E-state index in [2.05, 4.69) is 6.92 Å². The van der Waals surface area contributed by atoms with E-state index in [0.717, 1.165) is 29.1 Å². The van der Waals surface area contributed by atoms with E-state index in [-0.39, 0.29) is 19.8 Å². The predicted octanol–water partition coefficient (Wildman–Crippen LogP) is 7.62.